The number of aryl methyl sites for hydroxylation is 2. The van der Waals surface area contributed by atoms with Crippen LogP contribution in [0.2, 0.25) is 0 Å². The molecule has 2 rings (SSSR count). The molecule has 0 saturated carbocycles. The molecule has 27 heavy (non-hydrogen) atoms. The van der Waals surface area contributed by atoms with Gasteiger partial charge in [-0.2, -0.15) is 0 Å². The highest BCUT2D eigenvalue weighted by Gasteiger charge is 2.39. The summed E-state index contributed by atoms with van der Waals surface area (Å²) < 4.78 is 14.5. The summed E-state index contributed by atoms with van der Waals surface area (Å²) in [4.78, 5) is 43.1. The molecular weight excluding hydrogens is 370 g/mol. The standard InChI is InChI=1S/C20H22FO5P/c1-12-5-4-6-15(7-12)17-8-13(2)20(21)14(3)18(17)11-27(25,26)10-16(22)9-19(23)24/h4-8,25-26H,9-11H2,1-3H3/p+1. The molecule has 3 N–H and O–H groups in total. The van der Waals surface area contributed by atoms with E-state index in [-0.39, 0.29) is 6.16 Å². The predicted molar refractivity (Wildman–Crippen MR) is 103 cm³/mol. The normalized spacial score (nSPS) is 11.5. The Bertz CT molecular complexity index is 892. The van der Waals surface area contributed by atoms with Crippen LogP contribution in [0.25, 0.3) is 11.1 Å². The van der Waals surface area contributed by atoms with E-state index in [0.29, 0.717) is 22.3 Å². The van der Waals surface area contributed by atoms with Gasteiger partial charge in [-0.1, -0.05) is 29.8 Å². The van der Waals surface area contributed by atoms with Crippen LogP contribution in [0.1, 0.15) is 28.7 Å². The zero-order valence-electron chi connectivity index (χ0n) is 15.5. The third-order valence-electron chi connectivity index (χ3n) is 4.33. The molecule has 0 aromatic heterocycles. The third-order valence-corrected chi connectivity index (χ3v) is 6.01. The average Bonchev–Trinajstić information content (AvgIpc) is 2.53. The second kappa shape index (κ2) is 8.26. The molecule has 2 aromatic rings. The first-order valence-electron chi connectivity index (χ1n) is 8.42. The van der Waals surface area contributed by atoms with Gasteiger partial charge in [0.05, 0.1) is 0 Å². The fourth-order valence-electron chi connectivity index (χ4n) is 3.09. The monoisotopic (exact) mass is 393 g/mol. The number of benzene rings is 2. The van der Waals surface area contributed by atoms with E-state index >= 15 is 0 Å². The Kier molecular flexibility index (Phi) is 6.47. The van der Waals surface area contributed by atoms with Crippen molar-refractivity contribution in [3.8, 4) is 11.1 Å². The highest BCUT2D eigenvalue weighted by molar-refractivity contribution is 7.64. The number of halogens is 1. The number of carboxylic acids is 1. The molecule has 0 aliphatic carbocycles. The number of ketones is 1. The Balaban J connectivity index is 2.47. The zero-order chi connectivity index (χ0) is 20.4. The topological polar surface area (TPSA) is 94.8 Å². The molecule has 2 aromatic carbocycles. The molecule has 0 amide bonds. The number of aliphatic carboxylic acids is 1. The van der Waals surface area contributed by atoms with Crippen molar-refractivity contribution >= 4 is 19.5 Å². The summed E-state index contributed by atoms with van der Waals surface area (Å²) >= 11 is 0. The number of carbonyl (C=O) groups excluding carboxylic acids is 1. The molecule has 144 valence electrons. The Labute approximate surface area is 158 Å². The van der Waals surface area contributed by atoms with Crippen LogP contribution >= 0.6 is 7.72 Å². The van der Waals surface area contributed by atoms with E-state index in [1.54, 1.807) is 19.9 Å². The van der Waals surface area contributed by atoms with Crippen molar-refractivity contribution in [1.29, 1.82) is 0 Å². The first kappa shape index (κ1) is 21.2. The zero-order valence-corrected chi connectivity index (χ0v) is 16.4. The second-order valence-electron chi connectivity index (χ2n) is 6.83. The number of Topliss-reactive ketones (excluding diaryl/α,β-unsaturated/α-hetero) is 1. The van der Waals surface area contributed by atoms with Crippen molar-refractivity contribution in [3.63, 3.8) is 0 Å². The lowest BCUT2D eigenvalue weighted by atomic mass is 9.93. The van der Waals surface area contributed by atoms with Crippen LogP contribution in [0.15, 0.2) is 30.3 Å². The van der Waals surface area contributed by atoms with Crippen LogP contribution in [-0.4, -0.2) is 32.8 Å². The summed E-state index contributed by atoms with van der Waals surface area (Å²) in [5, 5.41) is 8.68. The van der Waals surface area contributed by atoms with E-state index in [1.807, 2.05) is 31.2 Å². The van der Waals surface area contributed by atoms with Crippen molar-refractivity contribution < 1.29 is 28.9 Å². The molecule has 0 fully saturated rings. The van der Waals surface area contributed by atoms with Crippen LogP contribution in [-0.2, 0) is 15.8 Å². The summed E-state index contributed by atoms with van der Waals surface area (Å²) in [5.41, 5.74) is 3.65. The van der Waals surface area contributed by atoms with Gasteiger partial charge in [0.25, 0.3) is 7.72 Å². The molecule has 0 bridgehead atoms. The van der Waals surface area contributed by atoms with Gasteiger partial charge in [-0.15, -0.1) is 0 Å². The molecule has 0 saturated heterocycles. The van der Waals surface area contributed by atoms with Gasteiger partial charge >= 0.3 is 5.97 Å². The molecular formula is C20H23FO5P+. The lowest BCUT2D eigenvalue weighted by Crippen LogP contribution is -2.15. The number of carbonyl (C=O) groups is 2. The minimum absolute atomic E-state index is 0.287. The maximum atomic E-state index is 14.5. The van der Waals surface area contributed by atoms with Gasteiger partial charge in [0, 0.05) is 5.56 Å². The minimum atomic E-state index is -3.78. The van der Waals surface area contributed by atoms with Gasteiger partial charge < -0.3 is 5.11 Å². The molecule has 0 aliphatic heterocycles. The number of rotatable bonds is 7. The van der Waals surface area contributed by atoms with Crippen molar-refractivity contribution in [2.24, 2.45) is 0 Å². The molecule has 0 atom stereocenters. The van der Waals surface area contributed by atoms with Gasteiger partial charge in [-0.05, 0) is 49.1 Å². The lowest BCUT2D eigenvalue weighted by Gasteiger charge is -2.19. The quantitative estimate of drug-likeness (QED) is 0.491. The van der Waals surface area contributed by atoms with E-state index in [1.165, 1.54) is 0 Å². The average molecular weight is 393 g/mol. The fraction of sp³-hybridized carbons (Fsp3) is 0.300. The number of carboxylic acid groups (broad SMARTS) is 1. The van der Waals surface area contributed by atoms with Gasteiger partial charge in [0.2, 0.25) is 0 Å². The van der Waals surface area contributed by atoms with Gasteiger partial charge in [-0.3, -0.25) is 9.59 Å². The molecule has 0 aliphatic rings. The van der Waals surface area contributed by atoms with Crippen LogP contribution in [0, 0.1) is 26.6 Å². The number of hydrogen-bond acceptors (Lipinski definition) is 4. The maximum Gasteiger partial charge on any atom is 0.311 e. The van der Waals surface area contributed by atoms with Crippen LogP contribution in [0.3, 0.4) is 0 Å². The van der Waals surface area contributed by atoms with Crippen molar-refractivity contribution in [2.75, 3.05) is 6.16 Å². The van der Waals surface area contributed by atoms with E-state index in [2.05, 4.69) is 0 Å². The highest BCUT2D eigenvalue weighted by Crippen LogP contribution is 2.55. The van der Waals surface area contributed by atoms with E-state index in [9.17, 15) is 23.8 Å². The summed E-state index contributed by atoms with van der Waals surface area (Å²) in [6, 6.07) is 9.21. The molecule has 5 nitrogen and oxygen atoms in total. The minimum Gasteiger partial charge on any atom is -0.481 e. The fourth-order valence-corrected chi connectivity index (χ4v) is 4.79. The van der Waals surface area contributed by atoms with Crippen LogP contribution < -0.4 is 0 Å². The highest BCUT2D eigenvalue weighted by atomic mass is 31.2. The maximum absolute atomic E-state index is 14.5. The third kappa shape index (κ3) is 5.42. The van der Waals surface area contributed by atoms with Crippen LogP contribution in [0.4, 0.5) is 4.39 Å². The molecule has 0 heterocycles. The SMILES string of the molecule is Cc1cccc(-c2cc(C)c(F)c(C)c2C[P+](O)(O)CC(=O)CC(=O)O)c1. The van der Waals surface area contributed by atoms with Gasteiger partial charge in [-0.25, -0.2) is 14.2 Å². The Morgan fingerprint density at radius 3 is 2.37 bits per heavy atom. The van der Waals surface area contributed by atoms with Crippen molar-refractivity contribution in [3.05, 3.63) is 58.4 Å². The molecule has 0 unspecified atom stereocenters. The summed E-state index contributed by atoms with van der Waals surface area (Å²) in [5.74, 6) is -2.51. The van der Waals surface area contributed by atoms with E-state index in [4.69, 9.17) is 5.11 Å². The Morgan fingerprint density at radius 2 is 1.78 bits per heavy atom. The second-order valence-corrected chi connectivity index (χ2v) is 9.22. The molecule has 0 spiro atoms. The predicted octanol–water partition coefficient (Wildman–Crippen LogP) is 3.79. The first-order chi connectivity index (χ1) is 12.5. The van der Waals surface area contributed by atoms with Gasteiger partial charge in [0.1, 0.15) is 18.4 Å². The molecule has 7 heteroatoms. The summed E-state index contributed by atoms with van der Waals surface area (Å²) in [6.07, 6.45) is -1.69. The van der Waals surface area contributed by atoms with Gasteiger partial charge in [0.15, 0.2) is 11.9 Å². The summed E-state index contributed by atoms with van der Waals surface area (Å²) in [7, 11) is -3.78. The smallest absolute Gasteiger partial charge is 0.311 e. The Morgan fingerprint density at radius 1 is 1.11 bits per heavy atom. The van der Waals surface area contributed by atoms with Crippen LogP contribution in [0.5, 0.6) is 0 Å². The van der Waals surface area contributed by atoms with Crippen molar-refractivity contribution in [1.82, 2.24) is 0 Å². The summed E-state index contributed by atoms with van der Waals surface area (Å²) in [6.45, 7) is 5.13. The lowest BCUT2D eigenvalue weighted by molar-refractivity contribution is -0.139. The first-order valence-corrected chi connectivity index (χ1v) is 10.5. The number of hydrogen-bond donors (Lipinski definition) is 3. The van der Waals surface area contributed by atoms with E-state index < -0.39 is 37.9 Å². The largest absolute Gasteiger partial charge is 0.481 e. The van der Waals surface area contributed by atoms with Crippen molar-refractivity contribution in [2.45, 2.75) is 33.4 Å². The molecule has 0 radical (unpaired) electrons. The van der Waals surface area contributed by atoms with E-state index in [0.717, 1.165) is 11.1 Å². The Hall–Kier alpha value is -2.14.